The molecule has 1 amide bonds. The van der Waals surface area contributed by atoms with E-state index in [2.05, 4.69) is 26.1 Å². The fourth-order valence-corrected chi connectivity index (χ4v) is 2.49. The highest BCUT2D eigenvalue weighted by Gasteiger charge is 2.18. The van der Waals surface area contributed by atoms with Crippen LogP contribution in [0.25, 0.3) is 0 Å². The predicted molar refractivity (Wildman–Crippen MR) is 111 cm³/mol. The summed E-state index contributed by atoms with van der Waals surface area (Å²) in [5, 5.41) is 2.73. The van der Waals surface area contributed by atoms with E-state index in [0.717, 1.165) is 5.56 Å². The van der Waals surface area contributed by atoms with E-state index in [9.17, 15) is 9.59 Å². The maximum Gasteiger partial charge on any atom is 0.310 e. The fourth-order valence-electron chi connectivity index (χ4n) is 2.49. The number of hydrogen-bond acceptors (Lipinski definition) is 4. The number of anilines is 1. The van der Waals surface area contributed by atoms with Gasteiger partial charge in [0, 0.05) is 5.69 Å². The molecule has 0 heterocycles. The van der Waals surface area contributed by atoms with Crippen molar-refractivity contribution in [2.75, 3.05) is 11.9 Å². The lowest BCUT2D eigenvalue weighted by atomic mass is 9.87. The second-order valence-electron chi connectivity index (χ2n) is 7.86. The molecular formula is C23H29NO4. The Morgan fingerprint density at radius 2 is 1.61 bits per heavy atom. The van der Waals surface area contributed by atoms with Crippen molar-refractivity contribution in [3.8, 4) is 5.75 Å². The molecule has 5 nitrogen and oxygen atoms in total. The third-order valence-corrected chi connectivity index (χ3v) is 4.29. The van der Waals surface area contributed by atoms with Crippen molar-refractivity contribution in [3.63, 3.8) is 0 Å². The molecule has 5 heteroatoms. The number of benzene rings is 2. The van der Waals surface area contributed by atoms with Crippen LogP contribution in [0, 0.1) is 6.92 Å². The van der Waals surface area contributed by atoms with E-state index in [4.69, 9.17) is 9.47 Å². The maximum absolute atomic E-state index is 12.1. The average molecular weight is 383 g/mol. The van der Waals surface area contributed by atoms with Gasteiger partial charge in [-0.2, -0.15) is 0 Å². The van der Waals surface area contributed by atoms with E-state index in [-0.39, 0.29) is 24.3 Å². The van der Waals surface area contributed by atoms with Crippen LogP contribution in [0.5, 0.6) is 5.75 Å². The van der Waals surface area contributed by atoms with Crippen LogP contribution in [0.1, 0.15) is 45.2 Å². The molecule has 0 aliphatic heterocycles. The van der Waals surface area contributed by atoms with Crippen LogP contribution in [0.3, 0.4) is 0 Å². The topological polar surface area (TPSA) is 64.6 Å². The molecule has 28 heavy (non-hydrogen) atoms. The lowest BCUT2D eigenvalue weighted by Crippen LogP contribution is -2.30. The summed E-state index contributed by atoms with van der Waals surface area (Å²) in [6, 6.07) is 15.2. The molecule has 0 bridgehead atoms. The Balaban J connectivity index is 1.74. The number of esters is 1. The fraction of sp³-hybridized carbons (Fsp3) is 0.391. The Morgan fingerprint density at radius 3 is 2.18 bits per heavy atom. The molecule has 0 saturated heterocycles. The van der Waals surface area contributed by atoms with Crippen LogP contribution in [-0.4, -0.2) is 24.6 Å². The average Bonchev–Trinajstić information content (AvgIpc) is 2.63. The Kier molecular flexibility index (Phi) is 7.21. The van der Waals surface area contributed by atoms with Gasteiger partial charge in [0.2, 0.25) is 0 Å². The number of amides is 1. The second kappa shape index (κ2) is 9.40. The Bertz CT molecular complexity index is 789. The number of aryl methyl sites for hydroxylation is 1. The molecule has 0 fully saturated rings. The first-order valence-electron chi connectivity index (χ1n) is 9.45. The largest absolute Gasteiger partial charge is 0.493 e. The van der Waals surface area contributed by atoms with Gasteiger partial charge < -0.3 is 14.8 Å². The van der Waals surface area contributed by atoms with Gasteiger partial charge in [0.05, 0.1) is 13.0 Å². The van der Waals surface area contributed by atoms with Crippen LogP contribution >= 0.6 is 0 Å². The molecule has 150 valence electrons. The highest BCUT2D eigenvalue weighted by atomic mass is 16.5. The highest BCUT2D eigenvalue weighted by molar-refractivity contribution is 5.95. The van der Waals surface area contributed by atoms with E-state index in [1.54, 1.807) is 19.1 Å². The van der Waals surface area contributed by atoms with Crippen LogP contribution in [-0.2, 0) is 19.7 Å². The maximum atomic E-state index is 12.1. The molecule has 2 aromatic carbocycles. The van der Waals surface area contributed by atoms with Crippen molar-refractivity contribution in [3.05, 3.63) is 59.7 Å². The molecule has 2 aromatic rings. The van der Waals surface area contributed by atoms with Crippen LogP contribution in [0.15, 0.2) is 48.5 Å². The zero-order valence-corrected chi connectivity index (χ0v) is 17.2. The van der Waals surface area contributed by atoms with Crippen molar-refractivity contribution in [1.82, 2.24) is 0 Å². The van der Waals surface area contributed by atoms with Gasteiger partial charge in [-0.05, 0) is 49.1 Å². The van der Waals surface area contributed by atoms with Gasteiger partial charge in [0.25, 0.3) is 5.91 Å². The van der Waals surface area contributed by atoms with Crippen molar-refractivity contribution in [2.24, 2.45) is 0 Å². The van der Waals surface area contributed by atoms with E-state index in [1.807, 2.05) is 43.3 Å². The molecule has 0 unspecified atom stereocenters. The first kappa shape index (κ1) is 21.5. The van der Waals surface area contributed by atoms with Crippen LogP contribution < -0.4 is 10.1 Å². The highest BCUT2D eigenvalue weighted by Crippen LogP contribution is 2.24. The summed E-state index contributed by atoms with van der Waals surface area (Å²) in [5.74, 6) is -0.139. The standard InChI is InChI=1S/C23H29NO4/c1-16-6-10-19(11-7-16)24-22(26)17(2)28-21(25)14-15-27-20-12-8-18(9-13-20)23(3,4)5/h6-13,17H,14-15H2,1-5H3,(H,24,26)/t17-/m1/s1. The minimum absolute atomic E-state index is 0.0726. The summed E-state index contributed by atoms with van der Waals surface area (Å²) in [6.45, 7) is 10.2. The number of ether oxygens (including phenoxy) is 2. The molecular weight excluding hydrogens is 354 g/mol. The summed E-state index contributed by atoms with van der Waals surface area (Å²) in [5.41, 5.74) is 3.07. The molecule has 0 spiro atoms. The molecule has 0 aliphatic rings. The quantitative estimate of drug-likeness (QED) is 0.708. The van der Waals surface area contributed by atoms with Gasteiger partial charge in [0.15, 0.2) is 6.10 Å². The van der Waals surface area contributed by atoms with E-state index >= 15 is 0 Å². The summed E-state index contributed by atoms with van der Waals surface area (Å²) in [7, 11) is 0. The number of carbonyl (C=O) groups excluding carboxylic acids is 2. The monoisotopic (exact) mass is 383 g/mol. The van der Waals surface area contributed by atoms with Gasteiger partial charge >= 0.3 is 5.97 Å². The van der Waals surface area contributed by atoms with Crippen LogP contribution in [0.2, 0.25) is 0 Å². The van der Waals surface area contributed by atoms with E-state index < -0.39 is 12.1 Å². The first-order chi connectivity index (χ1) is 13.1. The second-order valence-corrected chi connectivity index (χ2v) is 7.86. The number of nitrogens with one attached hydrogen (secondary N) is 1. The van der Waals surface area contributed by atoms with Crippen molar-refractivity contribution in [2.45, 2.75) is 52.6 Å². The predicted octanol–water partition coefficient (Wildman–Crippen LogP) is 4.63. The van der Waals surface area contributed by atoms with Gasteiger partial charge in [-0.1, -0.05) is 50.6 Å². The molecule has 0 saturated carbocycles. The third-order valence-electron chi connectivity index (χ3n) is 4.29. The smallest absolute Gasteiger partial charge is 0.310 e. The normalized spacial score (nSPS) is 12.2. The zero-order chi connectivity index (χ0) is 20.7. The Hall–Kier alpha value is -2.82. The van der Waals surface area contributed by atoms with Crippen LogP contribution in [0.4, 0.5) is 5.69 Å². The third kappa shape index (κ3) is 6.72. The lowest BCUT2D eigenvalue weighted by molar-refractivity contribution is -0.153. The minimum atomic E-state index is -0.875. The minimum Gasteiger partial charge on any atom is -0.493 e. The summed E-state index contributed by atoms with van der Waals surface area (Å²) < 4.78 is 10.8. The van der Waals surface area contributed by atoms with Gasteiger partial charge in [-0.15, -0.1) is 0 Å². The van der Waals surface area contributed by atoms with Crippen molar-refractivity contribution >= 4 is 17.6 Å². The SMILES string of the molecule is Cc1ccc(NC(=O)[C@@H](C)OC(=O)CCOc2ccc(C(C)(C)C)cc2)cc1. The summed E-state index contributed by atoms with van der Waals surface area (Å²) in [4.78, 5) is 24.1. The molecule has 1 atom stereocenters. The molecule has 0 aromatic heterocycles. The Morgan fingerprint density at radius 1 is 1.00 bits per heavy atom. The lowest BCUT2D eigenvalue weighted by Gasteiger charge is -2.19. The van der Waals surface area contributed by atoms with Gasteiger partial charge in [0.1, 0.15) is 5.75 Å². The van der Waals surface area contributed by atoms with E-state index in [1.165, 1.54) is 5.56 Å². The van der Waals surface area contributed by atoms with Crippen molar-refractivity contribution < 1.29 is 19.1 Å². The van der Waals surface area contributed by atoms with Crippen molar-refractivity contribution in [1.29, 1.82) is 0 Å². The Labute approximate surface area is 167 Å². The number of rotatable bonds is 7. The molecule has 2 rings (SSSR count). The molecule has 1 N–H and O–H groups in total. The zero-order valence-electron chi connectivity index (χ0n) is 17.2. The number of carbonyl (C=O) groups is 2. The number of hydrogen-bond donors (Lipinski definition) is 1. The first-order valence-corrected chi connectivity index (χ1v) is 9.45. The van der Waals surface area contributed by atoms with Gasteiger partial charge in [-0.3, -0.25) is 9.59 Å². The van der Waals surface area contributed by atoms with E-state index in [0.29, 0.717) is 11.4 Å². The summed E-state index contributed by atoms with van der Waals surface area (Å²) >= 11 is 0. The molecule has 0 aliphatic carbocycles. The van der Waals surface area contributed by atoms with Gasteiger partial charge in [-0.25, -0.2) is 0 Å². The summed E-state index contributed by atoms with van der Waals surface area (Å²) in [6.07, 6.45) is -0.803. The molecule has 0 radical (unpaired) electrons.